The highest BCUT2D eigenvalue weighted by Crippen LogP contribution is 2.37. The Bertz CT molecular complexity index is 821. The van der Waals surface area contributed by atoms with Gasteiger partial charge in [0.25, 0.3) is 5.91 Å². The molecule has 2 amide bonds. The zero-order valence-electron chi connectivity index (χ0n) is 15.3. The lowest BCUT2D eigenvalue weighted by atomic mass is 9.70. The molecule has 4 unspecified atom stereocenters. The van der Waals surface area contributed by atoms with Gasteiger partial charge >= 0.3 is 0 Å². The third-order valence-electron chi connectivity index (χ3n) is 5.88. The minimum absolute atomic E-state index is 0.0753. The fourth-order valence-corrected chi connectivity index (χ4v) is 4.50. The van der Waals surface area contributed by atoms with Crippen molar-refractivity contribution in [3.63, 3.8) is 0 Å². The van der Waals surface area contributed by atoms with E-state index >= 15 is 0 Å². The van der Waals surface area contributed by atoms with E-state index in [1.165, 1.54) is 11.0 Å². The second-order valence-corrected chi connectivity index (χ2v) is 7.50. The summed E-state index contributed by atoms with van der Waals surface area (Å²) in [4.78, 5) is 24.7. The maximum absolute atomic E-state index is 12.7. The summed E-state index contributed by atoms with van der Waals surface area (Å²) in [5.41, 5.74) is 1.31. The molecule has 1 saturated heterocycles. The first-order chi connectivity index (χ1) is 13.1. The van der Waals surface area contributed by atoms with Crippen LogP contribution in [-0.4, -0.2) is 44.1 Å². The number of aromatic nitrogens is 4. The van der Waals surface area contributed by atoms with Gasteiger partial charge in [-0.3, -0.25) is 9.59 Å². The third kappa shape index (κ3) is 3.70. The van der Waals surface area contributed by atoms with Crippen molar-refractivity contribution >= 4 is 11.8 Å². The summed E-state index contributed by atoms with van der Waals surface area (Å²) in [5, 5.41) is 17.4. The van der Waals surface area contributed by atoms with Crippen molar-refractivity contribution < 1.29 is 9.59 Å². The lowest BCUT2D eigenvalue weighted by molar-refractivity contribution is -0.127. The first-order valence-corrected chi connectivity index (χ1v) is 9.57. The molecule has 1 aromatic carbocycles. The van der Waals surface area contributed by atoms with Gasteiger partial charge in [-0.2, -0.15) is 0 Å². The van der Waals surface area contributed by atoms with Gasteiger partial charge in [0.2, 0.25) is 5.91 Å². The molecular weight excluding hydrogens is 344 g/mol. The van der Waals surface area contributed by atoms with Gasteiger partial charge in [-0.05, 0) is 59.7 Å². The molecule has 2 fully saturated rings. The van der Waals surface area contributed by atoms with E-state index in [2.05, 4.69) is 33.1 Å². The van der Waals surface area contributed by atoms with Crippen molar-refractivity contribution in [1.29, 1.82) is 0 Å². The number of amides is 2. The molecule has 0 bridgehead atoms. The number of carbonyl (C=O) groups is 2. The summed E-state index contributed by atoms with van der Waals surface area (Å²) >= 11 is 0. The van der Waals surface area contributed by atoms with E-state index in [0.29, 0.717) is 23.8 Å². The smallest absolute Gasteiger partial charge is 0.251 e. The Labute approximate surface area is 157 Å². The molecule has 0 spiro atoms. The monoisotopic (exact) mass is 368 g/mol. The van der Waals surface area contributed by atoms with Crippen LogP contribution in [0.15, 0.2) is 30.6 Å². The van der Waals surface area contributed by atoms with Crippen LogP contribution in [0.4, 0.5) is 0 Å². The molecule has 1 aromatic heterocycles. The highest BCUT2D eigenvalue weighted by Gasteiger charge is 2.40. The fraction of sp³-hybridized carbons (Fsp3) is 0.526. The zero-order chi connectivity index (χ0) is 18.8. The van der Waals surface area contributed by atoms with Gasteiger partial charge in [0.05, 0.1) is 5.69 Å². The quantitative estimate of drug-likeness (QED) is 0.851. The number of piperidine rings is 1. The molecule has 2 heterocycles. The number of nitrogens with zero attached hydrogens (tertiary/aromatic N) is 4. The van der Waals surface area contributed by atoms with Gasteiger partial charge in [0, 0.05) is 24.1 Å². The number of rotatable bonds is 4. The Hall–Kier alpha value is -2.77. The molecule has 1 aliphatic carbocycles. The number of benzene rings is 1. The molecule has 2 N–H and O–H groups in total. The minimum Gasteiger partial charge on any atom is -0.353 e. The Balaban J connectivity index is 1.42. The van der Waals surface area contributed by atoms with Crippen LogP contribution >= 0.6 is 0 Å². The van der Waals surface area contributed by atoms with Crippen LogP contribution in [0.5, 0.6) is 0 Å². The van der Waals surface area contributed by atoms with Crippen LogP contribution < -0.4 is 10.6 Å². The largest absolute Gasteiger partial charge is 0.353 e. The number of hydrogen-bond acceptors (Lipinski definition) is 5. The summed E-state index contributed by atoms with van der Waals surface area (Å²) in [6.45, 7) is 2.16. The molecule has 2 aliphatic rings. The summed E-state index contributed by atoms with van der Waals surface area (Å²) in [7, 11) is 0. The second-order valence-electron chi connectivity index (χ2n) is 7.50. The van der Waals surface area contributed by atoms with Gasteiger partial charge in [-0.25, -0.2) is 4.68 Å². The Morgan fingerprint density at radius 2 is 2.26 bits per heavy atom. The van der Waals surface area contributed by atoms with E-state index in [1.54, 1.807) is 12.1 Å². The molecule has 2 aromatic rings. The van der Waals surface area contributed by atoms with Gasteiger partial charge in [-0.1, -0.05) is 19.4 Å². The van der Waals surface area contributed by atoms with Crippen LogP contribution in [-0.2, 0) is 4.79 Å². The Morgan fingerprint density at radius 3 is 3.04 bits per heavy atom. The lowest BCUT2D eigenvalue weighted by Gasteiger charge is -2.44. The molecule has 8 nitrogen and oxygen atoms in total. The first-order valence-electron chi connectivity index (χ1n) is 9.57. The minimum atomic E-state index is -0.109. The molecule has 142 valence electrons. The summed E-state index contributed by atoms with van der Waals surface area (Å²) in [6.07, 6.45) is 5.96. The zero-order valence-corrected chi connectivity index (χ0v) is 15.3. The molecular formula is C19H24N6O2. The second kappa shape index (κ2) is 7.46. The number of nitrogens with one attached hydrogen (secondary N) is 2. The molecule has 4 atom stereocenters. The molecule has 27 heavy (non-hydrogen) atoms. The third-order valence-corrected chi connectivity index (χ3v) is 5.88. The van der Waals surface area contributed by atoms with Crippen molar-refractivity contribution in [3.05, 3.63) is 36.2 Å². The predicted octanol–water partition coefficient (Wildman–Crippen LogP) is 1.48. The maximum atomic E-state index is 12.7. The predicted molar refractivity (Wildman–Crippen MR) is 98.1 cm³/mol. The number of fused-ring (bicyclic) bond motifs is 1. The van der Waals surface area contributed by atoms with Crippen molar-refractivity contribution in [2.75, 3.05) is 0 Å². The number of tetrazole rings is 1. The summed E-state index contributed by atoms with van der Waals surface area (Å²) < 4.78 is 1.52. The average molecular weight is 368 g/mol. The van der Waals surface area contributed by atoms with Crippen LogP contribution in [0.2, 0.25) is 0 Å². The molecule has 1 saturated carbocycles. The van der Waals surface area contributed by atoms with Crippen LogP contribution in [0.3, 0.4) is 0 Å². The van der Waals surface area contributed by atoms with Crippen LogP contribution in [0, 0.1) is 11.8 Å². The molecule has 4 rings (SSSR count). The van der Waals surface area contributed by atoms with Crippen molar-refractivity contribution in [1.82, 2.24) is 30.8 Å². The van der Waals surface area contributed by atoms with Crippen LogP contribution in [0.25, 0.3) is 5.69 Å². The van der Waals surface area contributed by atoms with E-state index in [0.717, 1.165) is 31.4 Å². The molecule has 1 aliphatic heterocycles. The molecule has 8 heteroatoms. The van der Waals surface area contributed by atoms with E-state index in [4.69, 9.17) is 0 Å². The van der Waals surface area contributed by atoms with E-state index in [1.807, 2.05) is 12.1 Å². The van der Waals surface area contributed by atoms with Gasteiger partial charge < -0.3 is 10.6 Å². The number of carbonyl (C=O) groups excluding carboxylic acids is 2. The summed E-state index contributed by atoms with van der Waals surface area (Å²) in [5.74, 6) is 1.03. The van der Waals surface area contributed by atoms with Crippen molar-refractivity contribution in [2.45, 2.75) is 51.1 Å². The van der Waals surface area contributed by atoms with Crippen molar-refractivity contribution in [2.24, 2.45) is 11.8 Å². The van der Waals surface area contributed by atoms with Crippen LogP contribution in [0.1, 0.15) is 49.4 Å². The highest BCUT2D eigenvalue weighted by molar-refractivity contribution is 5.94. The van der Waals surface area contributed by atoms with Gasteiger partial charge in [0.1, 0.15) is 6.33 Å². The average Bonchev–Trinajstić information content (AvgIpc) is 3.22. The Morgan fingerprint density at radius 1 is 1.37 bits per heavy atom. The SMILES string of the molecule is CCC1CC(=O)NC2CC(NC(=O)c3cccc(-n4cnnn4)c3)CCC12. The van der Waals surface area contributed by atoms with Crippen molar-refractivity contribution in [3.8, 4) is 5.69 Å². The topological polar surface area (TPSA) is 102 Å². The fourth-order valence-electron chi connectivity index (χ4n) is 4.50. The van der Waals surface area contributed by atoms with Gasteiger partial charge in [-0.15, -0.1) is 5.10 Å². The highest BCUT2D eigenvalue weighted by atomic mass is 16.2. The molecule has 0 radical (unpaired) electrons. The first kappa shape index (κ1) is 17.6. The lowest BCUT2D eigenvalue weighted by Crippen LogP contribution is -2.55. The normalized spacial score (nSPS) is 27.5. The standard InChI is InChI=1S/C19H24N6O2/c1-2-12-9-18(26)22-17-10-14(6-7-16(12)17)21-19(27)13-4-3-5-15(8-13)25-11-20-23-24-25/h3-5,8,11-12,14,16-17H,2,6-7,9-10H2,1H3,(H,21,27)(H,22,26). The van der Waals surface area contributed by atoms with Gasteiger partial charge in [0.15, 0.2) is 0 Å². The summed E-state index contributed by atoms with van der Waals surface area (Å²) in [6, 6.07) is 7.46. The maximum Gasteiger partial charge on any atom is 0.251 e. The van der Waals surface area contributed by atoms with E-state index < -0.39 is 0 Å². The number of hydrogen-bond donors (Lipinski definition) is 2. The van der Waals surface area contributed by atoms with E-state index in [9.17, 15) is 9.59 Å². The Kier molecular flexibility index (Phi) is 4.87. The van der Waals surface area contributed by atoms with E-state index in [-0.39, 0.29) is 23.9 Å².